The Morgan fingerprint density at radius 1 is 1.08 bits per heavy atom. The molecule has 0 aliphatic rings. The van der Waals surface area contributed by atoms with Crippen molar-refractivity contribution >= 4 is 33.3 Å². The first kappa shape index (κ1) is 29.5. The zero-order valence-corrected chi connectivity index (χ0v) is 21.1. The predicted molar refractivity (Wildman–Crippen MR) is 127 cm³/mol. The van der Waals surface area contributed by atoms with Gasteiger partial charge in [0.15, 0.2) is 11.4 Å². The number of alkyl halides is 6. The molecule has 18 heteroatoms. The number of rotatable bonds is 7. The number of sulfonamides is 1. The number of halogens is 6. The van der Waals surface area contributed by atoms with Gasteiger partial charge >= 0.3 is 12.4 Å². The monoisotopic (exact) mass is 581 g/mol. The van der Waals surface area contributed by atoms with Crippen LogP contribution < -0.4 is 15.8 Å². The number of phenolic OH excluding ortho intramolecular Hbond substituents is 1. The number of carbonyl (C=O) groups excluding carboxylic acids is 1. The lowest BCUT2D eigenvalue weighted by atomic mass is 10.1. The van der Waals surface area contributed by atoms with Crippen molar-refractivity contribution in [2.75, 3.05) is 15.8 Å². The number of amides is 1. The molecular weight excluding hydrogens is 560 g/mol. The minimum atomic E-state index is -5.03. The molecular formula is C21H21F6N7O4S. The van der Waals surface area contributed by atoms with Crippen LogP contribution in [0.15, 0.2) is 30.6 Å². The highest BCUT2D eigenvalue weighted by atomic mass is 32.2. The van der Waals surface area contributed by atoms with Gasteiger partial charge in [0.1, 0.15) is 28.6 Å². The summed E-state index contributed by atoms with van der Waals surface area (Å²) >= 11 is 0. The van der Waals surface area contributed by atoms with Crippen LogP contribution in [0.25, 0.3) is 11.3 Å². The summed E-state index contributed by atoms with van der Waals surface area (Å²) < 4.78 is 103. The molecule has 2 aromatic heterocycles. The molecule has 3 rings (SSSR count). The molecule has 0 fully saturated rings. The third-order valence-electron chi connectivity index (χ3n) is 4.85. The molecule has 3 aromatic rings. The summed E-state index contributed by atoms with van der Waals surface area (Å²) in [6.07, 6.45) is -8.51. The maximum Gasteiger partial charge on any atom is 0.434 e. The molecule has 0 aliphatic heterocycles. The van der Waals surface area contributed by atoms with E-state index in [4.69, 9.17) is 5.73 Å². The highest BCUT2D eigenvalue weighted by molar-refractivity contribution is 7.92. The zero-order chi connectivity index (χ0) is 29.6. The average Bonchev–Trinajstić information content (AvgIpc) is 3.13. The van der Waals surface area contributed by atoms with Gasteiger partial charge in [0.05, 0.1) is 23.6 Å². The van der Waals surface area contributed by atoms with Crippen molar-refractivity contribution < 1.29 is 44.7 Å². The topological polar surface area (TPSA) is 165 Å². The van der Waals surface area contributed by atoms with Gasteiger partial charge in [-0.1, -0.05) is 6.07 Å². The van der Waals surface area contributed by atoms with Crippen molar-refractivity contribution in [3.05, 3.63) is 41.9 Å². The molecule has 0 saturated carbocycles. The molecule has 0 radical (unpaired) electrons. The molecule has 11 nitrogen and oxygen atoms in total. The summed E-state index contributed by atoms with van der Waals surface area (Å²) in [4.78, 5) is 19.4. The first-order valence-electron chi connectivity index (χ1n) is 10.7. The van der Waals surface area contributed by atoms with Gasteiger partial charge in [0.25, 0.3) is 5.91 Å². The second-order valence-corrected chi connectivity index (χ2v) is 10.9. The van der Waals surface area contributed by atoms with Crippen molar-refractivity contribution in [3.8, 4) is 17.0 Å². The van der Waals surface area contributed by atoms with E-state index in [1.54, 1.807) is 25.5 Å². The van der Waals surface area contributed by atoms with Crippen LogP contribution in [0.2, 0.25) is 0 Å². The first-order chi connectivity index (χ1) is 17.7. The molecule has 0 aliphatic carbocycles. The number of hydrogen-bond acceptors (Lipinski definition) is 8. The van der Waals surface area contributed by atoms with Crippen LogP contribution in [0.5, 0.6) is 5.75 Å². The van der Waals surface area contributed by atoms with E-state index in [9.17, 15) is 44.7 Å². The molecule has 212 valence electrons. The SMILES string of the molecule is CC(C)(C)n1nc(-c2ccc(NS(=O)(=O)CC(F)(F)F)c(O)c2)c(C(N)=O)c1Nc1cnc(C(F)(F)F)cn1. The molecule has 0 bridgehead atoms. The van der Waals surface area contributed by atoms with Crippen LogP contribution in [0.3, 0.4) is 0 Å². The van der Waals surface area contributed by atoms with Gasteiger partial charge in [-0.3, -0.25) is 9.52 Å². The van der Waals surface area contributed by atoms with Crippen molar-refractivity contribution in [2.45, 2.75) is 38.7 Å². The van der Waals surface area contributed by atoms with Crippen LogP contribution in [0.4, 0.5) is 43.7 Å². The van der Waals surface area contributed by atoms with Crippen molar-refractivity contribution in [1.82, 2.24) is 19.7 Å². The van der Waals surface area contributed by atoms with Gasteiger partial charge in [-0.15, -0.1) is 0 Å². The van der Waals surface area contributed by atoms with Crippen LogP contribution in [-0.4, -0.2) is 51.1 Å². The van der Waals surface area contributed by atoms with Gasteiger partial charge in [0.2, 0.25) is 10.0 Å². The molecule has 2 heterocycles. The summed E-state index contributed by atoms with van der Waals surface area (Å²) in [5.74, 6) is -4.31. The smallest absolute Gasteiger partial charge is 0.434 e. The molecule has 1 aromatic carbocycles. The maximum atomic E-state index is 12.8. The number of aromatic hydroxyl groups is 1. The molecule has 0 saturated heterocycles. The minimum absolute atomic E-state index is 0.00428. The Labute approximate surface area is 217 Å². The van der Waals surface area contributed by atoms with Crippen molar-refractivity contribution in [3.63, 3.8) is 0 Å². The highest BCUT2D eigenvalue weighted by Gasteiger charge is 2.36. The van der Waals surface area contributed by atoms with E-state index < -0.39 is 56.7 Å². The fraction of sp³-hybridized carbons (Fsp3) is 0.333. The fourth-order valence-electron chi connectivity index (χ4n) is 3.30. The van der Waals surface area contributed by atoms with Gasteiger partial charge < -0.3 is 16.2 Å². The van der Waals surface area contributed by atoms with Gasteiger partial charge in [-0.05, 0) is 32.9 Å². The van der Waals surface area contributed by atoms with Crippen LogP contribution in [0.1, 0.15) is 36.8 Å². The van der Waals surface area contributed by atoms with Crippen molar-refractivity contribution in [1.29, 1.82) is 0 Å². The van der Waals surface area contributed by atoms with Crippen LogP contribution in [-0.2, 0) is 21.7 Å². The number of phenols is 1. The van der Waals surface area contributed by atoms with E-state index in [2.05, 4.69) is 20.4 Å². The van der Waals surface area contributed by atoms with E-state index in [1.807, 2.05) is 0 Å². The fourth-order valence-corrected chi connectivity index (χ4v) is 4.31. The number of nitrogens with one attached hydrogen (secondary N) is 2. The number of primary amides is 1. The van der Waals surface area contributed by atoms with E-state index in [1.165, 1.54) is 4.68 Å². The molecule has 5 N–H and O–H groups in total. The second kappa shape index (κ2) is 9.90. The molecule has 0 unspecified atom stereocenters. The van der Waals surface area contributed by atoms with E-state index >= 15 is 0 Å². The number of nitrogens with two attached hydrogens (primary N) is 1. The number of nitrogens with zero attached hydrogens (tertiary/aromatic N) is 4. The summed E-state index contributed by atoms with van der Waals surface area (Å²) in [5.41, 5.74) is 2.47. The van der Waals surface area contributed by atoms with Gasteiger partial charge in [-0.2, -0.15) is 31.4 Å². The maximum absolute atomic E-state index is 12.8. The van der Waals surface area contributed by atoms with E-state index in [-0.39, 0.29) is 28.5 Å². The molecule has 1 amide bonds. The number of hydrogen-bond donors (Lipinski definition) is 4. The summed E-state index contributed by atoms with van der Waals surface area (Å²) in [5, 5.41) is 17.3. The number of aromatic nitrogens is 4. The first-order valence-corrected chi connectivity index (χ1v) is 12.3. The molecule has 39 heavy (non-hydrogen) atoms. The third kappa shape index (κ3) is 7.06. The van der Waals surface area contributed by atoms with Crippen LogP contribution in [0, 0.1) is 0 Å². The lowest BCUT2D eigenvalue weighted by molar-refractivity contribution is -0.141. The number of benzene rings is 1. The zero-order valence-electron chi connectivity index (χ0n) is 20.3. The Bertz CT molecular complexity index is 1500. The minimum Gasteiger partial charge on any atom is -0.506 e. The average molecular weight is 581 g/mol. The predicted octanol–water partition coefficient (Wildman–Crippen LogP) is 3.97. The van der Waals surface area contributed by atoms with E-state index in [0.29, 0.717) is 6.20 Å². The standard InChI is InChI=1S/C21H21F6N7O4S/c1-19(2,3)34-18(31-14-8-29-13(7-30-14)21(25,26)27)15(17(28)36)16(32-34)10-4-5-11(12(35)6-10)33-39(37,38)9-20(22,23)24/h4-8,33,35H,9H2,1-3H3,(H2,28,36)(H,30,31). The Balaban J connectivity index is 2.08. The Morgan fingerprint density at radius 3 is 2.18 bits per heavy atom. The normalized spacial score (nSPS) is 12.8. The highest BCUT2D eigenvalue weighted by Crippen LogP contribution is 2.37. The Kier molecular flexibility index (Phi) is 7.48. The van der Waals surface area contributed by atoms with Crippen LogP contribution >= 0.6 is 0 Å². The quantitative estimate of drug-likeness (QED) is 0.240. The lowest BCUT2D eigenvalue weighted by Crippen LogP contribution is -2.27. The molecule has 0 atom stereocenters. The Hall–Kier alpha value is -4.09. The molecule has 0 spiro atoms. The largest absolute Gasteiger partial charge is 0.506 e. The summed E-state index contributed by atoms with van der Waals surface area (Å²) in [6.45, 7) is 5.02. The van der Waals surface area contributed by atoms with E-state index in [0.717, 1.165) is 24.4 Å². The second-order valence-electron chi connectivity index (χ2n) is 9.14. The number of anilines is 3. The van der Waals surface area contributed by atoms with Crippen molar-refractivity contribution in [2.24, 2.45) is 5.73 Å². The van der Waals surface area contributed by atoms with Gasteiger partial charge in [-0.25, -0.2) is 23.1 Å². The van der Waals surface area contributed by atoms with Gasteiger partial charge in [0, 0.05) is 5.56 Å². The summed E-state index contributed by atoms with van der Waals surface area (Å²) in [7, 11) is -4.90. The summed E-state index contributed by atoms with van der Waals surface area (Å²) in [6, 6.07) is 3.05. The lowest BCUT2D eigenvalue weighted by Gasteiger charge is -2.23. The Morgan fingerprint density at radius 2 is 1.72 bits per heavy atom. The number of carbonyl (C=O) groups is 1. The third-order valence-corrected chi connectivity index (χ3v) is 6.08.